The van der Waals surface area contributed by atoms with Crippen LogP contribution in [0, 0.1) is 6.61 Å². The van der Waals surface area contributed by atoms with E-state index in [1.54, 1.807) is 6.61 Å². The van der Waals surface area contributed by atoms with Crippen molar-refractivity contribution in [3.8, 4) is 0 Å². The first-order valence-corrected chi connectivity index (χ1v) is 3.79. The van der Waals surface area contributed by atoms with Gasteiger partial charge in [0.15, 0.2) is 6.29 Å². The Hall–Kier alpha value is -0.0800. The first kappa shape index (κ1) is 9.92. The highest BCUT2D eigenvalue weighted by Gasteiger charge is 2.04. The highest BCUT2D eigenvalue weighted by molar-refractivity contribution is 4.46. The van der Waals surface area contributed by atoms with Gasteiger partial charge in [-0.25, -0.2) is 0 Å². The van der Waals surface area contributed by atoms with Gasteiger partial charge in [0.05, 0.1) is 12.7 Å². The molecule has 2 nitrogen and oxygen atoms in total. The summed E-state index contributed by atoms with van der Waals surface area (Å²) in [7, 11) is 0. The Labute approximate surface area is 63.5 Å². The van der Waals surface area contributed by atoms with Crippen LogP contribution in [-0.4, -0.2) is 12.4 Å². The molecule has 0 amide bonds. The summed E-state index contributed by atoms with van der Waals surface area (Å²) in [5.41, 5.74) is 0. The molecule has 61 valence electrons. The normalized spacial score (nSPS) is 16.8. The molecule has 0 aliphatic heterocycles. The molecule has 10 heavy (non-hydrogen) atoms. The van der Waals surface area contributed by atoms with Crippen molar-refractivity contribution in [1.82, 2.24) is 0 Å². The van der Waals surface area contributed by atoms with Crippen molar-refractivity contribution >= 4 is 0 Å². The summed E-state index contributed by atoms with van der Waals surface area (Å²) in [5, 5.41) is 0. The molecule has 0 saturated heterocycles. The number of hydrogen-bond donors (Lipinski definition) is 0. The Bertz CT molecular complexity index is 73.7. The van der Waals surface area contributed by atoms with Crippen molar-refractivity contribution < 1.29 is 9.47 Å². The van der Waals surface area contributed by atoms with Crippen molar-refractivity contribution in [2.75, 3.05) is 0 Å². The van der Waals surface area contributed by atoms with Crippen LogP contribution in [0.5, 0.6) is 0 Å². The topological polar surface area (TPSA) is 18.5 Å². The largest absolute Gasteiger partial charge is 0.350 e. The van der Waals surface area contributed by atoms with Gasteiger partial charge in [-0.15, -0.1) is 0 Å². The van der Waals surface area contributed by atoms with Crippen LogP contribution in [0.1, 0.15) is 34.1 Å². The Morgan fingerprint density at radius 3 is 2.40 bits per heavy atom. The van der Waals surface area contributed by atoms with Gasteiger partial charge >= 0.3 is 0 Å². The third-order valence-electron chi connectivity index (χ3n) is 1.33. The quantitative estimate of drug-likeness (QED) is 0.553. The zero-order valence-electron chi connectivity index (χ0n) is 7.26. The maximum atomic E-state index is 5.39. The Balaban J connectivity index is 3.27. The molecule has 1 radical (unpaired) electrons. The van der Waals surface area contributed by atoms with Crippen molar-refractivity contribution in [2.24, 2.45) is 0 Å². The highest BCUT2D eigenvalue weighted by Crippen LogP contribution is 2.03. The molecule has 0 spiro atoms. The SMILES string of the molecule is C[CH]OC(C)OC(C)CC. The summed E-state index contributed by atoms with van der Waals surface area (Å²) in [6.07, 6.45) is 1.20. The van der Waals surface area contributed by atoms with Crippen molar-refractivity contribution in [2.45, 2.75) is 46.5 Å². The lowest BCUT2D eigenvalue weighted by Gasteiger charge is -2.16. The fourth-order valence-electron chi connectivity index (χ4n) is 0.647. The van der Waals surface area contributed by atoms with E-state index in [0.717, 1.165) is 6.42 Å². The van der Waals surface area contributed by atoms with Crippen LogP contribution in [0.15, 0.2) is 0 Å². The van der Waals surface area contributed by atoms with E-state index in [2.05, 4.69) is 6.92 Å². The molecule has 0 aliphatic carbocycles. The summed E-state index contributed by atoms with van der Waals surface area (Å²) < 4.78 is 10.5. The van der Waals surface area contributed by atoms with Gasteiger partial charge in [0.25, 0.3) is 0 Å². The number of ether oxygens (including phenoxy) is 2. The number of hydrogen-bond acceptors (Lipinski definition) is 2. The van der Waals surface area contributed by atoms with Crippen molar-refractivity contribution in [3.05, 3.63) is 6.61 Å². The van der Waals surface area contributed by atoms with Crippen molar-refractivity contribution in [1.29, 1.82) is 0 Å². The molecule has 2 unspecified atom stereocenters. The monoisotopic (exact) mass is 145 g/mol. The smallest absolute Gasteiger partial charge is 0.155 e. The van der Waals surface area contributed by atoms with Gasteiger partial charge in [0.1, 0.15) is 0 Å². The van der Waals surface area contributed by atoms with Gasteiger partial charge in [-0.1, -0.05) is 6.92 Å². The van der Waals surface area contributed by atoms with E-state index in [1.807, 2.05) is 20.8 Å². The fourth-order valence-corrected chi connectivity index (χ4v) is 0.647. The average molecular weight is 145 g/mol. The second kappa shape index (κ2) is 5.69. The van der Waals surface area contributed by atoms with Crippen LogP contribution in [0.3, 0.4) is 0 Å². The minimum Gasteiger partial charge on any atom is -0.350 e. The Morgan fingerprint density at radius 1 is 1.40 bits per heavy atom. The van der Waals surface area contributed by atoms with Crippen LogP contribution < -0.4 is 0 Å². The van der Waals surface area contributed by atoms with E-state index in [9.17, 15) is 0 Å². The zero-order chi connectivity index (χ0) is 7.98. The summed E-state index contributed by atoms with van der Waals surface area (Å²) in [5.74, 6) is 0. The summed E-state index contributed by atoms with van der Waals surface area (Å²) >= 11 is 0. The van der Waals surface area contributed by atoms with Gasteiger partial charge < -0.3 is 9.47 Å². The van der Waals surface area contributed by atoms with Crippen LogP contribution in [0.2, 0.25) is 0 Å². The first-order chi connectivity index (χ1) is 4.70. The van der Waals surface area contributed by atoms with E-state index >= 15 is 0 Å². The molecule has 0 aromatic rings. The van der Waals surface area contributed by atoms with Crippen LogP contribution in [0.4, 0.5) is 0 Å². The third-order valence-corrected chi connectivity index (χ3v) is 1.33. The van der Waals surface area contributed by atoms with E-state index in [-0.39, 0.29) is 12.4 Å². The van der Waals surface area contributed by atoms with Crippen LogP contribution in [-0.2, 0) is 9.47 Å². The van der Waals surface area contributed by atoms with Gasteiger partial charge in [-0.2, -0.15) is 0 Å². The summed E-state index contributed by atoms with van der Waals surface area (Å²) in [6.45, 7) is 9.51. The molecule has 0 fully saturated rings. The van der Waals surface area contributed by atoms with Gasteiger partial charge in [0.2, 0.25) is 0 Å². The number of rotatable bonds is 5. The minimum absolute atomic E-state index is 0.111. The molecule has 0 heterocycles. The second-order valence-electron chi connectivity index (χ2n) is 2.29. The molecule has 0 aromatic heterocycles. The predicted molar refractivity (Wildman–Crippen MR) is 41.4 cm³/mol. The van der Waals surface area contributed by atoms with Gasteiger partial charge in [0, 0.05) is 0 Å². The fraction of sp³-hybridized carbons (Fsp3) is 0.875. The molecule has 0 aliphatic rings. The standard InChI is InChI=1S/C8H17O2/c1-5-7(3)10-8(4)9-6-2/h6-8H,5H2,1-4H3. The molecule has 2 atom stereocenters. The van der Waals surface area contributed by atoms with E-state index in [4.69, 9.17) is 9.47 Å². The first-order valence-electron chi connectivity index (χ1n) is 3.79. The Kier molecular flexibility index (Phi) is 5.64. The summed E-state index contributed by atoms with van der Waals surface area (Å²) in [4.78, 5) is 0. The maximum absolute atomic E-state index is 5.39. The van der Waals surface area contributed by atoms with Gasteiger partial charge in [-0.3, -0.25) is 0 Å². The lowest BCUT2D eigenvalue weighted by molar-refractivity contribution is -0.136. The van der Waals surface area contributed by atoms with Crippen molar-refractivity contribution in [3.63, 3.8) is 0 Å². The molecule has 0 rings (SSSR count). The van der Waals surface area contributed by atoms with Crippen LogP contribution in [0.25, 0.3) is 0 Å². The van der Waals surface area contributed by atoms with Gasteiger partial charge in [-0.05, 0) is 27.2 Å². The van der Waals surface area contributed by atoms with E-state index in [0.29, 0.717) is 0 Å². The lowest BCUT2D eigenvalue weighted by atomic mass is 10.3. The predicted octanol–water partition coefficient (Wildman–Crippen LogP) is 2.35. The molecule has 0 saturated carbocycles. The molecule has 0 N–H and O–H groups in total. The average Bonchev–Trinajstić information content (AvgIpc) is 1.88. The molecular weight excluding hydrogens is 128 g/mol. The Morgan fingerprint density at radius 2 is 2.00 bits per heavy atom. The second-order valence-corrected chi connectivity index (χ2v) is 2.29. The highest BCUT2D eigenvalue weighted by atomic mass is 16.7. The molecule has 2 heteroatoms. The van der Waals surface area contributed by atoms with E-state index < -0.39 is 0 Å². The molecular formula is C8H17O2. The molecule has 0 aromatic carbocycles. The van der Waals surface area contributed by atoms with E-state index in [1.165, 1.54) is 0 Å². The zero-order valence-corrected chi connectivity index (χ0v) is 7.26. The lowest BCUT2D eigenvalue weighted by Crippen LogP contribution is -2.17. The maximum Gasteiger partial charge on any atom is 0.155 e. The molecule has 0 bridgehead atoms. The third kappa shape index (κ3) is 4.77. The summed E-state index contributed by atoms with van der Waals surface area (Å²) in [6, 6.07) is 0. The minimum atomic E-state index is -0.111. The van der Waals surface area contributed by atoms with Crippen LogP contribution >= 0.6 is 0 Å².